The zero-order valence-electron chi connectivity index (χ0n) is 20.5. The van der Waals surface area contributed by atoms with Gasteiger partial charge in [0, 0.05) is 19.5 Å². The molecule has 35 heavy (non-hydrogen) atoms. The molecule has 2 fully saturated rings. The molecule has 3 heterocycles. The number of rotatable bonds is 6. The van der Waals surface area contributed by atoms with Crippen molar-refractivity contribution in [2.45, 2.75) is 63.6 Å². The van der Waals surface area contributed by atoms with E-state index < -0.39 is 30.4 Å². The highest BCUT2D eigenvalue weighted by Crippen LogP contribution is 2.33. The third-order valence-electron chi connectivity index (χ3n) is 6.75. The lowest BCUT2D eigenvalue weighted by Crippen LogP contribution is -2.42. The molecule has 11 heteroatoms. The highest BCUT2D eigenvalue weighted by atomic mass is 16.6. The van der Waals surface area contributed by atoms with Gasteiger partial charge >= 0.3 is 0 Å². The molecule has 1 saturated carbocycles. The Morgan fingerprint density at radius 3 is 2.63 bits per heavy atom. The van der Waals surface area contributed by atoms with Crippen molar-refractivity contribution in [3.8, 4) is 11.8 Å². The van der Waals surface area contributed by atoms with Crippen LogP contribution in [0, 0.1) is 23.7 Å². The van der Waals surface area contributed by atoms with Crippen LogP contribution in [0.4, 0.5) is 5.82 Å². The lowest BCUT2D eigenvalue weighted by molar-refractivity contribution is -0.137. The van der Waals surface area contributed by atoms with Crippen LogP contribution >= 0.6 is 0 Å². The Hall–Kier alpha value is -2.78. The molecule has 2 unspecified atom stereocenters. The van der Waals surface area contributed by atoms with Crippen molar-refractivity contribution in [3.05, 3.63) is 12.2 Å². The summed E-state index contributed by atoms with van der Waals surface area (Å²) in [7, 11) is 4.24. The summed E-state index contributed by atoms with van der Waals surface area (Å²) in [5.41, 5.74) is 6.75. The molecule has 4 atom stereocenters. The summed E-state index contributed by atoms with van der Waals surface area (Å²) in [4.78, 5) is 27.5. The number of nitrogens with two attached hydrogens (primary N) is 1. The first-order chi connectivity index (χ1) is 16.8. The van der Waals surface area contributed by atoms with Gasteiger partial charge in [0.25, 0.3) is 5.91 Å². The summed E-state index contributed by atoms with van der Waals surface area (Å²) in [5.74, 6) is 7.48. The number of nitrogens with one attached hydrogen (secondary N) is 1. The van der Waals surface area contributed by atoms with Crippen molar-refractivity contribution >= 4 is 22.9 Å². The highest BCUT2D eigenvalue weighted by Gasteiger charge is 2.47. The average molecular weight is 486 g/mol. The molecule has 4 rings (SSSR count). The van der Waals surface area contributed by atoms with Crippen molar-refractivity contribution in [2.24, 2.45) is 11.8 Å². The fourth-order valence-corrected chi connectivity index (χ4v) is 4.97. The quantitative estimate of drug-likeness (QED) is 0.423. The first-order valence-corrected chi connectivity index (χ1v) is 12.2. The Labute approximate surface area is 205 Å². The number of likely N-dealkylation sites (N-methyl/N-ethyl adjacent to an activating group) is 1. The Kier molecular flexibility index (Phi) is 7.86. The third-order valence-corrected chi connectivity index (χ3v) is 6.75. The van der Waals surface area contributed by atoms with E-state index in [1.165, 1.54) is 36.6 Å². The Morgan fingerprint density at radius 1 is 1.23 bits per heavy atom. The number of fused-ring (bicyclic) bond motifs is 1. The SMILES string of the molecule is CCNC(=O)[C@H]1O[C@@H](n2cnc3c(N)nc(C#CCC4CCC(CN(C)C)CC4)nc32)C(O)C1O. The molecule has 0 bridgehead atoms. The van der Waals surface area contributed by atoms with Gasteiger partial charge in [-0.15, -0.1) is 0 Å². The van der Waals surface area contributed by atoms with Crippen molar-refractivity contribution in [3.63, 3.8) is 0 Å². The van der Waals surface area contributed by atoms with E-state index in [9.17, 15) is 15.0 Å². The molecule has 0 aromatic carbocycles. The Balaban J connectivity index is 1.48. The van der Waals surface area contributed by atoms with Crippen LogP contribution in [0.15, 0.2) is 6.33 Å². The van der Waals surface area contributed by atoms with Gasteiger partial charge in [0.15, 0.2) is 23.8 Å². The summed E-state index contributed by atoms with van der Waals surface area (Å²) in [5, 5.41) is 23.5. The molecule has 1 saturated heterocycles. The number of imidazole rings is 1. The van der Waals surface area contributed by atoms with Gasteiger partial charge in [-0.25, -0.2) is 15.0 Å². The van der Waals surface area contributed by atoms with E-state index in [2.05, 4.69) is 51.1 Å². The van der Waals surface area contributed by atoms with Crippen LogP contribution in [-0.2, 0) is 9.53 Å². The van der Waals surface area contributed by atoms with Crippen LogP contribution in [0.5, 0.6) is 0 Å². The maximum absolute atomic E-state index is 12.2. The van der Waals surface area contributed by atoms with E-state index in [1.807, 2.05) is 0 Å². The Bertz CT molecular complexity index is 1100. The zero-order chi connectivity index (χ0) is 25.1. The molecule has 1 aliphatic carbocycles. The topological polar surface area (TPSA) is 152 Å². The van der Waals surface area contributed by atoms with Crippen LogP contribution in [0.3, 0.4) is 0 Å². The number of aliphatic hydroxyl groups is 2. The summed E-state index contributed by atoms with van der Waals surface area (Å²) in [6.45, 7) is 3.28. The number of carbonyl (C=O) groups excluding carboxylic acids is 1. The maximum Gasteiger partial charge on any atom is 0.252 e. The van der Waals surface area contributed by atoms with Crippen molar-refractivity contribution in [2.75, 3.05) is 32.9 Å². The van der Waals surface area contributed by atoms with Gasteiger partial charge in [-0.3, -0.25) is 9.36 Å². The number of aliphatic hydroxyl groups excluding tert-OH is 2. The van der Waals surface area contributed by atoms with Crippen LogP contribution in [0.25, 0.3) is 11.2 Å². The first-order valence-electron chi connectivity index (χ1n) is 12.2. The summed E-state index contributed by atoms with van der Waals surface area (Å²) in [6.07, 6.45) is 1.97. The average Bonchev–Trinajstić information content (AvgIpc) is 3.36. The lowest BCUT2D eigenvalue weighted by atomic mass is 9.80. The number of aromatic nitrogens is 4. The van der Waals surface area contributed by atoms with Crippen molar-refractivity contribution < 1.29 is 19.7 Å². The minimum absolute atomic E-state index is 0.163. The van der Waals surface area contributed by atoms with Crippen molar-refractivity contribution in [1.82, 2.24) is 29.7 Å². The van der Waals surface area contributed by atoms with Crippen LogP contribution in [0.1, 0.15) is 51.1 Å². The van der Waals surface area contributed by atoms with Crippen LogP contribution < -0.4 is 11.1 Å². The van der Waals surface area contributed by atoms with Gasteiger partial charge in [0.1, 0.15) is 17.7 Å². The predicted molar refractivity (Wildman–Crippen MR) is 130 cm³/mol. The van der Waals surface area contributed by atoms with E-state index in [0.29, 0.717) is 23.6 Å². The van der Waals surface area contributed by atoms with Gasteiger partial charge in [-0.1, -0.05) is 5.92 Å². The minimum Gasteiger partial charge on any atom is -0.387 e. The number of amides is 1. The number of nitrogen functional groups attached to an aromatic ring is 1. The lowest BCUT2D eigenvalue weighted by Gasteiger charge is -2.29. The second-order valence-electron chi connectivity index (χ2n) is 9.73. The van der Waals surface area contributed by atoms with Crippen LogP contribution in [-0.4, -0.2) is 86.0 Å². The van der Waals surface area contributed by atoms with E-state index in [0.717, 1.165) is 18.9 Å². The monoisotopic (exact) mass is 485 g/mol. The second kappa shape index (κ2) is 10.9. The summed E-state index contributed by atoms with van der Waals surface area (Å²) >= 11 is 0. The molecule has 1 aliphatic heterocycles. The van der Waals surface area contributed by atoms with Gasteiger partial charge in [0.2, 0.25) is 5.82 Å². The molecule has 2 aromatic rings. The summed E-state index contributed by atoms with van der Waals surface area (Å²) < 4.78 is 7.15. The molecule has 2 aromatic heterocycles. The van der Waals surface area contributed by atoms with E-state index in [4.69, 9.17) is 10.5 Å². The number of hydrogen-bond donors (Lipinski definition) is 4. The molecular weight excluding hydrogens is 450 g/mol. The predicted octanol–water partition coefficient (Wildman–Crippen LogP) is 0.273. The summed E-state index contributed by atoms with van der Waals surface area (Å²) in [6, 6.07) is 0. The fraction of sp³-hybridized carbons (Fsp3) is 0.667. The van der Waals surface area contributed by atoms with E-state index in [1.54, 1.807) is 6.92 Å². The molecule has 5 N–H and O–H groups in total. The smallest absolute Gasteiger partial charge is 0.252 e. The van der Waals surface area contributed by atoms with Crippen molar-refractivity contribution in [1.29, 1.82) is 0 Å². The molecule has 190 valence electrons. The molecular formula is C24H35N7O4. The first kappa shape index (κ1) is 25.3. The maximum atomic E-state index is 12.2. The normalized spacial score (nSPS) is 28.7. The number of anilines is 1. The van der Waals surface area contributed by atoms with Gasteiger partial charge in [0.05, 0.1) is 6.33 Å². The number of nitrogens with zero attached hydrogens (tertiary/aromatic N) is 5. The van der Waals surface area contributed by atoms with Gasteiger partial charge in [-0.05, 0) is 64.5 Å². The van der Waals surface area contributed by atoms with Gasteiger partial charge < -0.3 is 30.9 Å². The minimum atomic E-state index is -1.39. The largest absolute Gasteiger partial charge is 0.387 e. The fourth-order valence-electron chi connectivity index (χ4n) is 4.97. The highest BCUT2D eigenvalue weighted by molar-refractivity contribution is 5.83. The molecule has 1 amide bonds. The number of ether oxygens (including phenoxy) is 1. The number of hydrogen-bond acceptors (Lipinski definition) is 9. The number of carbonyl (C=O) groups is 1. The van der Waals surface area contributed by atoms with E-state index in [-0.39, 0.29) is 11.6 Å². The van der Waals surface area contributed by atoms with E-state index >= 15 is 0 Å². The molecule has 11 nitrogen and oxygen atoms in total. The Morgan fingerprint density at radius 2 is 1.94 bits per heavy atom. The van der Waals surface area contributed by atoms with Crippen LogP contribution in [0.2, 0.25) is 0 Å². The standard InChI is InChI=1S/C24H35N7O4/c1-4-26-23(34)20-18(32)19(33)24(35-20)31-13-27-17-21(25)28-16(29-22(17)31)7-5-6-14-8-10-15(11-9-14)12-30(2)3/h13-15,18-20,24,32-33H,4,6,8-12H2,1-3H3,(H,26,34)(H2,25,28,29)/t14?,15?,18?,19?,20-,24+/m0/s1. The second-order valence-corrected chi connectivity index (χ2v) is 9.73. The van der Waals surface area contributed by atoms with Gasteiger partial charge in [-0.2, -0.15) is 0 Å². The zero-order valence-corrected chi connectivity index (χ0v) is 20.5. The molecule has 0 radical (unpaired) electrons. The molecule has 0 spiro atoms. The third kappa shape index (κ3) is 5.56. The molecule has 2 aliphatic rings.